The van der Waals surface area contributed by atoms with Crippen LogP contribution in [-0.4, -0.2) is 68.8 Å². The first kappa shape index (κ1) is 21.9. The van der Waals surface area contributed by atoms with Crippen LogP contribution in [0, 0.1) is 0 Å². The fourth-order valence-corrected chi connectivity index (χ4v) is 3.17. The summed E-state index contributed by atoms with van der Waals surface area (Å²) in [4.78, 5) is 18.7. The molecule has 0 bridgehead atoms. The Bertz CT molecular complexity index is 708. The van der Waals surface area contributed by atoms with Gasteiger partial charge in [0.25, 0.3) is 0 Å². The normalized spacial score (nSPS) is 22.3. The zero-order chi connectivity index (χ0) is 21.1. The third kappa shape index (κ3) is 5.34. The summed E-state index contributed by atoms with van der Waals surface area (Å²) in [5.41, 5.74) is -1.34. The average molecular weight is 396 g/mol. The number of ether oxygens (including phenoxy) is 2. The summed E-state index contributed by atoms with van der Waals surface area (Å²) < 4.78 is 13.4. The maximum absolute atomic E-state index is 12.8. The molecule has 0 saturated carbocycles. The summed E-state index contributed by atoms with van der Waals surface area (Å²) in [5.74, 6) is 1.39. The van der Waals surface area contributed by atoms with Crippen LogP contribution in [0.5, 0.6) is 0 Å². The van der Waals surface area contributed by atoms with E-state index in [1.807, 2.05) is 53.2 Å². The predicted molar refractivity (Wildman–Crippen MR) is 106 cm³/mol. The Morgan fingerprint density at radius 2 is 2.07 bits per heavy atom. The average Bonchev–Trinajstić information content (AvgIpc) is 3.05. The molecule has 1 aromatic rings. The molecule has 1 amide bonds. The second kappa shape index (κ2) is 8.34. The lowest BCUT2D eigenvalue weighted by molar-refractivity contribution is -0.0755. The molecule has 1 aliphatic heterocycles. The van der Waals surface area contributed by atoms with Crippen molar-refractivity contribution < 1.29 is 14.3 Å². The molecule has 2 unspecified atom stereocenters. The number of rotatable bonds is 4. The van der Waals surface area contributed by atoms with E-state index in [2.05, 4.69) is 25.8 Å². The number of amides is 1. The Kier molecular flexibility index (Phi) is 6.53. The minimum Gasteiger partial charge on any atom is -0.444 e. The van der Waals surface area contributed by atoms with Gasteiger partial charge in [-0.15, -0.1) is 10.2 Å². The molecule has 1 fully saturated rings. The Morgan fingerprint density at radius 3 is 2.61 bits per heavy atom. The van der Waals surface area contributed by atoms with Crippen LogP contribution >= 0.6 is 0 Å². The zero-order valence-corrected chi connectivity index (χ0v) is 18.1. The molecule has 28 heavy (non-hydrogen) atoms. The minimum absolute atomic E-state index is 0.160. The van der Waals surface area contributed by atoms with Crippen molar-refractivity contribution in [3.05, 3.63) is 12.2 Å². The summed E-state index contributed by atoms with van der Waals surface area (Å²) in [7, 11) is 3.57. The summed E-state index contributed by atoms with van der Waals surface area (Å²) in [6.07, 6.45) is 1.09. The number of nitrogens with one attached hydrogen (secondary N) is 2. The molecule has 2 atom stereocenters. The van der Waals surface area contributed by atoms with Crippen LogP contribution < -0.4 is 10.6 Å². The molecule has 158 valence electrons. The van der Waals surface area contributed by atoms with Gasteiger partial charge in [-0.3, -0.25) is 9.89 Å². The summed E-state index contributed by atoms with van der Waals surface area (Å²) in [5, 5.41) is 14.4. The maximum atomic E-state index is 12.8. The standard InChI is InChI=1S/C18H33N7O3/c1-12-13(25(18(5,6)27-12)16(26)28-17(2,3)4)9-20-15(19-7)21-10-14-23-22-11-24(14)8/h11-13H,9-10H2,1-8H3,(H2,19,20,21). The van der Waals surface area contributed by atoms with E-state index in [0.29, 0.717) is 19.0 Å². The molecule has 10 heteroatoms. The lowest BCUT2D eigenvalue weighted by Gasteiger charge is -2.35. The molecule has 10 nitrogen and oxygen atoms in total. The number of guanidine groups is 1. The number of carbonyl (C=O) groups is 1. The number of nitrogens with zero attached hydrogens (tertiary/aromatic N) is 5. The van der Waals surface area contributed by atoms with Crippen molar-refractivity contribution >= 4 is 12.1 Å². The molecule has 0 aliphatic carbocycles. The first-order valence-corrected chi connectivity index (χ1v) is 9.42. The lowest BCUT2D eigenvalue weighted by atomic mass is 10.1. The summed E-state index contributed by atoms with van der Waals surface area (Å²) in [6.45, 7) is 12.2. The molecule has 1 aromatic heterocycles. The highest BCUT2D eigenvalue weighted by Gasteiger charge is 2.49. The van der Waals surface area contributed by atoms with Crippen molar-refractivity contribution in [1.82, 2.24) is 30.3 Å². The van der Waals surface area contributed by atoms with Crippen LogP contribution in [0.15, 0.2) is 11.3 Å². The molecule has 1 saturated heterocycles. The van der Waals surface area contributed by atoms with Crippen LogP contribution in [0.2, 0.25) is 0 Å². The molecule has 2 N–H and O–H groups in total. The van der Waals surface area contributed by atoms with Crippen LogP contribution in [0.25, 0.3) is 0 Å². The molecule has 0 radical (unpaired) electrons. The quantitative estimate of drug-likeness (QED) is 0.584. The van der Waals surface area contributed by atoms with E-state index in [1.165, 1.54) is 0 Å². The van der Waals surface area contributed by atoms with Gasteiger partial charge in [-0.1, -0.05) is 0 Å². The topological polar surface area (TPSA) is 106 Å². The second-order valence-corrected chi connectivity index (χ2v) is 8.35. The molecular weight excluding hydrogens is 362 g/mol. The van der Waals surface area contributed by atoms with Crippen LogP contribution in [0.3, 0.4) is 0 Å². The van der Waals surface area contributed by atoms with E-state index in [9.17, 15) is 4.79 Å². The smallest absolute Gasteiger partial charge is 0.412 e. The first-order valence-electron chi connectivity index (χ1n) is 9.42. The van der Waals surface area contributed by atoms with Gasteiger partial charge in [0, 0.05) is 20.6 Å². The third-order valence-electron chi connectivity index (χ3n) is 4.44. The van der Waals surface area contributed by atoms with Gasteiger partial charge in [0.1, 0.15) is 17.7 Å². The Morgan fingerprint density at radius 1 is 1.39 bits per heavy atom. The van der Waals surface area contributed by atoms with Crippen molar-refractivity contribution in [2.24, 2.45) is 12.0 Å². The summed E-state index contributed by atoms with van der Waals surface area (Å²) in [6, 6.07) is -0.210. The van der Waals surface area contributed by atoms with Crippen LogP contribution in [0.4, 0.5) is 4.79 Å². The molecule has 0 aromatic carbocycles. The van der Waals surface area contributed by atoms with Gasteiger partial charge in [-0.2, -0.15) is 0 Å². The molecular formula is C18H33N7O3. The summed E-state index contributed by atoms with van der Waals surface area (Å²) >= 11 is 0. The molecule has 1 aliphatic rings. The van der Waals surface area contributed by atoms with Crippen molar-refractivity contribution in [1.29, 1.82) is 0 Å². The molecule has 2 heterocycles. The zero-order valence-electron chi connectivity index (χ0n) is 18.1. The van der Waals surface area contributed by atoms with Gasteiger partial charge >= 0.3 is 6.09 Å². The predicted octanol–water partition coefficient (Wildman–Crippen LogP) is 1.24. The largest absolute Gasteiger partial charge is 0.444 e. The van der Waals surface area contributed by atoms with E-state index < -0.39 is 17.4 Å². The van der Waals surface area contributed by atoms with Gasteiger partial charge < -0.3 is 24.7 Å². The number of hydrogen-bond donors (Lipinski definition) is 2. The first-order chi connectivity index (χ1) is 12.9. The van der Waals surface area contributed by atoms with Gasteiger partial charge in [0.2, 0.25) is 0 Å². The van der Waals surface area contributed by atoms with Crippen molar-refractivity contribution in [2.75, 3.05) is 13.6 Å². The fourth-order valence-electron chi connectivity index (χ4n) is 3.17. The maximum Gasteiger partial charge on any atom is 0.412 e. The van der Waals surface area contributed by atoms with Crippen LogP contribution in [-0.2, 0) is 23.1 Å². The second-order valence-electron chi connectivity index (χ2n) is 8.35. The highest BCUT2D eigenvalue weighted by Crippen LogP contribution is 2.33. The number of aromatic nitrogens is 3. The highest BCUT2D eigenvalue weighted by atomic mass is 16.6. The highest BCUT2D eigenvalue weighted by molar-refractivity contribution is 5.79. The monoisotopic (exact) mass is 395 g/mol. The van der Waals surface area contributed by atoms with Gasteiger partial charge in [0.15, 0.2) is 11.8 Å². The number of aliphatic imine (C=N–C) groups is 1. The minimum atomic E-state index is -0.760. The van der Waals surface area contributed by atoms with E-state index in [0.717, 1.165) is 5.82 Å². The number of carbonyl (C=O) groups excluding carboxylic acids is 1. The van der Waals surface area contributed by atoms with Gasteiger partial charge in [0.05, 0.1) is 18.7 Å². The lowest BCUT2D eigenvalue weighted by Crippen LogP contribution is -2.54. The van der Waals surface area contributed by atoms with E-state index in [-0.39, 0.29) is 12.1 Å². The van der Waals surface area contributed by atoms with E-state index in [4.69, 9.17) is 9.47 Å². The van der Waals surface area contributed by atoms with Crippen LogP contribution in [0.1, 0.15) is 47.4 Å². The van der Waals surface area contributed by atoms with Crippen molar-refractivity contribution in [2.45, 2.75) is 71.6 Å². The Hall–Kier alpha value is -2.36. The molecule has 0 spiro atoms. The number of hydrogen-bond acceptors (Lipinski definition) is 6. The SMILES string of the molecule is CN=C(NCc1nncn1C)NCC1C(C)OC(C)(C)N1C(=O)OC(C)(C)C. The van der Waals surface area contributed by atoms with Crippen molar-refractivity contribution in [3.8, 4) is 0 Å². The fraction of sp³-hybridized carbons (Fsp3) is 0.778. The van der Waals surface area contributed by atoms with Gasteiger partial charge in [-0.25, -0.2) is 4.79 Å². The Labute approximate surface area is 166 Å². The third-order valence-corrected chi connectivity index (χ3v) is 4.44. The molecule has 2 rings (SSSR count). The van der Waals surface area contributed by atoms with E-state index in [1.54, 1.807) is 18.3 Å². The van der Waals surface area contributed by atoms with E-state index >= 15 is 0 Å². The Balaban J connectivity index is 2.02. The van der Waals surface area contributed by atoms with Gasteiger partial charge in [-0.05, 0) is 41.5 Å². The number of aryl methyl sites for hydroxylation is 1. The van der Waals surface area contributed by atoms with Crippen molar-refractivity contribution in [3.63, 3.8) is 0 Å².